The molecule has 0 spiro atoms. The Morgan fingerprint density at radius 2 is 1.63 bits per heavy atom. The molecule has 2 aromatic rings. The summed E-state index contributed by atoms with van der Waals surface area (Å²) in [5.74, 6) is -5.47. The SMILES string of the molecule is O=C(O)c1ccc(-c2ccc(F)c(F)c2F)c(Cl)c1. The number of hydrogen-bond acceptors (Lipinski definition) is 1. The Morgan fingerprint density at radius 1 is 1.00 bits per heavy atom. The van der Waals surface area contributed by atoms with Gasteiger partial charge in [0.15, 0.2) is 17.5 Å². The van der Waals surface area contributed by atoms with Crippen molar-refractivity contribution in [3.05, 3.63) is 58.4 Å². The summed E-state index contributed by atoms with van der Waals surface area (Å²) in [6.07, 6.45) is 0. The summed E-state index contributed by atoms with van der Waals surface area (Å²) in [7, 11) is 0. The highest BCUT2D eigenvalue weighted by atomic mass is 35.5. The maximum atomic E-state index is 13.6. The molecule has 0 bridgehead atoms. The van der Waals surface area contributed by atoms with Crippen LogP contribution in [0.25, 0.3) is 11.1 Å². The lowest BCUT2D eigenvalue weighted by atomic mass is 10.0. The van der Waals surface area contributed by atoms with Crippen LogP contribution in [0.1, 0.15) is 10.4 Å². The Morgan fingerprint density at radius 3 is 2.21 bits per heavy atom. The number of rotatable bonds is 2. The normalized spacial score (nSPS) is 10.5. The van der Waals surface area contributed by atoms with E-state index in [2.05, 4.69) is 0 Å². The number of hydrogen-bond donors (Lipinski definition) is 1. The van der Waals surface area contributed by atoms with Crippen molar-refractivity contribution in [3.8, 4) is 11.1 Å². The van der Waals surface area contributed by atoms with Gasteiger partial charge in [-0.3, -0.25) is 0 Å². The molecule has 0 amide bonds. The number of aromatic carboxylic acids is 1. The molecule has 2 nitrogen and oxygen atoms in total. The zero-order valence-electron chi connectivity index (χ0n) is 9.25. The predicted molar refractivity (Wildman–Crippen MR) is 63.7 cm³/mol. The number of carboxylic acids is 1. The van der Waals surface area contributed by atoms with Gasteiger partial charge >= 0.3 is 5.97 Å². The molecular weight excluding hydrogens is 281 g/mol. The summed E-state index contributed by atoms with van der Waals surface area (Å²) in [5.41, 5.74) is -0.236. The van der Waals surface area contributed by atoms with E-state index in [-0.39, 0.29) is 21.7 Å². The van der Waals surface area contributed by atoms with Gasteiger partial charge in [-0.1, -0.05) is 17.7 Å². The Balaban J connectivity index is 2.60. The Hall–Kier alpha value is -2.01. The van der Waals surface area contributed by atoms with E-state index in [1.54, 1.807) is 0 Å². The van der Waals surface area contributed by atoms with Crippen LogP contribution in [0.2, 0.25) is 5.02 Å². The van der Waals surface area contributed by atoms with E-state index in [1.807, 2.05) is 0 Å². The van der Waals surface area contributed by atoms with Crippen LogP contribution < -0.4 is 0 Å². The molecule has 0 aliphatic carbocycles. The standard InChI is InChI=1S/C13H6ClF3O2/c14-9-5-6(13(18)19)1-2-7(9)8-3-4-10(15)12(17)11(8)16/h1-5H,(H,18,19). The topological polar surface area (TPSA) is 37.3 Å². The highest BCUT2D eigenvalue weighted by Crippen LogP contribution is 2.32. The summed E-state index contributed by atoms with van der Waals surface area (Å²) in [4.78, 5) is 10.7. The zero-order chi connectivity index (χ0) is 14.2. The Kier molecular flexibility index (Phi) is 3.48. The largest absolute Gasteiger partial charge is 0.478 e. The fourth-order valence-corrected chi connectivity index (χ4v) is 1.88. The fourth-order valence-electron chi connectivity index (χ4n) is 1.60. The Labute approximate surface area is 111 Å². The highest BCUT2D eigenvalue weighted by molar-refractivity contribution is 6.33. The molecule has 0 atom stereocenters. The van der Waals surface area contributed by atoms with Gasteiger partial charge in [0, 0.05) is 16.1 Å². The number of carbonyl (C=O) groups is 1. The third kappa shape index (κ3) is 2.42. The van der Waals surface area contributed by atoms with Crippen molar-refractivity contribution < 1.29 is 23.1 Å². The second-order valence-corrected chi connectivity index (χ2v) is 4.13. The summed E-state index contributed by atoms with van der Waals surface area (Å²) < 4.78 is 39.5. The maximum Gasteiger partial charge on any atom is 0.335 e. The van der Waals surface area contributed by atoms with Gasteiger partial charge in [0.2, 0.25) is 0 Å². The Bertz CT molecular complexity index is 671. The molecule has 1 N–H and O–H groups in total. The molecule has 2 rings (SSSR count). The summed E-state index contributed by atoms with van der Waals surface area (Å²) in [6.45, 7) is 0. The van der Waals surface area contributed by atoms with Gasteiger partial charge in [0.25, 0.3) is 0 Å². The van der Waals surface area contributed by atoms with Crippen LogP contribution >= 0.6 is 11.6 Å². The van der Waals surface area contributed by atoms with Crippen molar-refractivity contribution in [1.82, 2.24) is 0 Å². The van der Waals surface area contributed by atoms with Crippen LogP contribution in [-0.2, 0) is 0 Å². The van der Waals surface area contributed by atoms with Crippen LogP contribution in [0, 0.1) is 17.5 Å². The third-order valence-electron chi connectivity index (χ3n) is 2.54. The number of benzene rings is 2. The van der Waals surface area contributed by atoms with Crippen molar-refractivity contribution in [2.75, 3.05) is 0 Å². The molecule has 0 saturated carbocycles. The number of halogens is 4. The highest BCUT2D eigenvalue weighted by Gasteiger charge is 2.17. The first-order valence-corrected chi connectivity index (χ1v) is 5.46. The van der Waals surface area contributed by atoms with E-state index in [4.69, 9.17) is 16.7 Å². The first-order valence-electron chi connectivity index (χ1n) is 5.08. The van der Waals surface area contributed by atoms with Crippen LogP contribution in [0.5, 0.6) is 0 Å². The maximum absolute atomic E-state index is 13.6. The summed E-state index contributed by atoms with van der Waals surface area (Å²) >= 11 is 5.83. The smallest absolute Gasteiger partial charge is 0.335 e. The second-order valence-electron chi connectivity index (χ2n) is 3.72. The van der Waals surface area contributed by atoms with E-state index in [9.17, 15) is 18.0 Å². The molecule has 0 aromatic heterocycles. The van der Waals surface area contributed by atoms with Gasteiger partial charge in [-0.25, -0.2) is 18.0 Å². The van der Waals surface area contributed by atoms with Crippen LogP contribution in [0.3, 0.4) is 0 Å². The van der Waals surface area contributed by atoms with Crippen LogP contribution in [-0.4, -0.2) is 11.1 Å². The monoisotopic (exact) mass is 286 g/mol. The quantitative estimate of drug-likeness (QED) is 0.843. The van der Waals surface area contributed by atoms with Crippen LogP contribution in [0.4, 0.5) is 13.2 Å². The lowest BCUT2D eigenvalue weighted by Gasteiger charge is -2.08. The van der Waals surface area contributed by atoms with E-state index in [0.29, 0.717) is 0 Å². The summed E-state index contributed by atoms with van der Waals surface area (Å²) in [5, 5.41) is 8.70. The first kappa shape index (κ1) is 13.4. The van der Waals surface area contributed by atoms with E-state index in [0.717, 1.165) is 18.2 Å². The van der Waals surface area contributed by atoms with E-state index in [1.165, 1.54) is 12.1 Å². The average Bonchev–Trinajstić information content (AvgIpc) is 2.37. The minimum atomic E-state index is -1.60. The predicted octanol–water partition coefficient (Wildman–Crippen LogP) is 4.12. The molecular formula is C13H6ClF3O2. The molecule has 19 heavy (non-hydrogen) atoms. The fraction of sp³-hybridized carbons (Fsp3) is 0. The minimum Gasteiger partial charge on any atom is -0.478 e. The molecule has 0 aliphatic rings. The van der Waals surface area contributed by atoms with Crippen molar-refractivity contribution in [1.29, 1.82) is 0 Å². The minimum absolute atomic E-state index is 0.0650. The molecule has 0 fully saturated rings. The van der Waals surface area contributed by atoms with Crippen LogP contribution in [0.15, 0.2) is 30.3 Å². The van der Waals surface area contributed by atoms with Gasteiger partial charge in [0.05, 0.1) is 5.56 Å². The lowest BCUT2D eigenvalue weighted by molar-refractivity contribution is 0.0697. The molecule has 0 radical (unpaired) electrons. The van der Waals surface area contributed by atoms with Crippen molar-refractivity contribution in [3.63, 3.8) is 0 Å². The van der Waals surface area contributed by atoms with E-state index >= 15 is 0 Å². The van der Waals surface area contributed by atoms with Crippen molar-refractivity contribution in [2.45, 2.75) is 0 Å². The molecule has 0 saturated heterocycles. The van der Waals surface area contributed by atoms with Gasteiger partial charge < -0.3 is 5.11 Å². The molecule has 2 aromatic carbocycles. The van der Waals surface area contributed by atoms with Gasteiger partial charge in [-0.05, 0) is 24.3 Å². The molecule has 0 heterocycles. The van der Waals surface area contributed by atoms with E-state index < -0.39 is 23.4 Å². The molecule has 0 aliphatic heterocycles. The first-order chi connectivity index (χ1) is 8.91. The molecule has 0 unspecified atom stereocenters. The van der Waals surface area contributed by atoms with Crippen molar-refractivity contribution in [2.24, 2.45) is 0 Å². The lowest BCUT2D eigenvalue weighted by Crippen LogP contribution is -1.98. The van der Waals surface area contributed by atoms with Gasteiger partial charge in [-0.15, -0.1) is 0 Å². The average molecular weight is 287 g/mol. The zero-order valence-corrected chi connectivity index (χ0v) is 10.0. The summed E-state index contributed by atoms with van der Waals surface area (Å²) in [6, 6.07) is 5.36. The third-order valence-corrected chi connectivity index (χ3v) is 2.85. The van der Waals surface area contributed by atoms with Gasteiger partial charge in [0.1, 0.15) is 0 Å². The van der Waals surface area contributed by atoms with Gasteiger partial charge in [-0.2, -0.15) is 0 Å². The van der Waals surface area contributed by atoms with Crippen molar-refractivity contribution >= 4 is 17.6 Å². The second kappa shape index (κ2) is 4.93. The molecule has 98 valence electrons. The molecule has 6 heteroatoms. The number of carboxylic acid groups (broad SMARTS) is 1.